The van der Waals surface area contributed by atoms with Gasteiger partial charge in [-0.3, -0.25) is 0 Å². The van der Waals surface area contributed by atoms with Gasteiger partial charge in [0.1, 0.15) is 0 Å². The number of aryl methyl sites for hydroxylation is 2. The summed E-state index contributed by atoms with van der Waals surface area (Å²) in [5.41, 5.74) is 7.77. The van der Waals surface area contributed by atoms with Crippen LogP contribution in [0.2, 0.25) is 0 Å². The molecule has 0 aromatic heterocycles. The Morgan fingerprint density at radius 3 is 2.14 bits per heavy atom. The first-order valence-electron chi connectivity index (χ1n) is 3.62. The molecule has 14 heavy (non-hydrogen) atoms. The van der Waals surface area contributed by atoms with Gasteiger partial charge in [-0.05, 0) is 31.0 Å². The second kappa shape index (κ2) is 5.73. The molecule has 1 aromatic rings. The Bertz CT molecular complexity index is 317. The average molecular weight is 238 g/mol. The molecule has 80 valence electrons. The summed E-state index contributed by atoms with van der Waals surface area (Å²) in [5, 5.41) is 8.76. The van der Waals surface area contributed by atoms with Crippen LogP contribution in [-0.2, 0) is 0 Å². The van der Waals surface area contributed by atoms with Gasteiger partial charge < -0.3 is 10.8 Å². The Balaban J connectivity index is 0. The van der Waals surface area contributed by atoms with Gasteiger partial charge in [-0.1, -0.05) is 6.07 Å². The number of rotatable bonds is 1. The van der Waals surface area contributed by atoms with Gasteiger partial charge in [0.2, 0.25) is 0 Å². The monoisotopic (exact) mass is 237 g/mol. The lowest BCUT2D eigenvalue weighted by atomic mass is 10.0. The molecule has 0 saturated carbocycles. The quantitative estimate of drug-likeness (QED) is 0.738. The van der Waals surface area contributed by atoms with Crippen molar-refractivity contribution in [3.63, 3.8) is 0 Å². The molecule has 0 heterocycles. The van der Waals surface area contributed by atoms with E-state index in [0.29, 0.717) is 11.3 Å². The maximum Gasteiger partial charge on any atom is 0.338 e. The third-order valence-corrected chi connectivity index (χ3v) is 1.72. The molecule has 0 amide bonds. The second-order valence-electron chi connectivity index (χ2n) is 2.85. The van der Waals surface area contributed by atoms with Crippen LogP contribution in [0.1, 0.15) is 21.5 Å². The number of anilines is 1. The Morgan fingerprint density at radius 1 is 1.29 bits per heavy atom. The van der Waals surface area contributed by atoms with Crippen LogP contribution in [0.5, 0.6) is 0 Å². The van der Waals surface area contributed by atoms with Crippen LogP contribution < -0.4 is 5.73 Å². The van der Waals surface area contributed by atoms with Gasteiger partial charge in [-0.25, -0.2) is 4.79 Å². The number of carbonyl (C=O) groups is 1. The molecule has 0 radical (unpaired) electrons. The zero-order valence-electron chi connectivity index (χ0n) is 7.90. The Labute approximate surface area is 95.1 Å². The van der Waals surface area contributed by atoms with Gasteiger partial charge in [-0.15, -0.1) is 24.8 Å². The van der Waals surface area contributed by atoms with E-state index in [0.717, 1.165) is 5.56 Å². The first-order valence-corrected chi connectivity index (χ1v) is 3.62. The van der Waals surface area contributed by atoms with Crippen molar-refractivity contribution in [3.05, 3.63) is 28.8 Å². The third kappa shape index (κ3) is 3.09. The topological polar surface area (TPSA) is 63.3 Å². The maximum atomic E-state index is 10.7. The molecule has 0 bridgehead atoms. The number of hydrogen-bond donors (Lipinski definition) is 2. The van der Waals surface area contributed by atoms with Gasteiger partial charge in [-0.2, -0.15) is 0 Å². The number of benzene rings is 1. The van der Waals surface area contributed by atoms with Gasteiger partial charge >= 0.3 is 5.97 Å². The van der Waals surface area contributed by atoms with E-state index in [1.54, 1.807) is 19.1 Å². The SMILES string of the molecule is Cc1cc(C)c(C(=O)O)c(N)c1.Cl.Cl. The van der Waals surface area contributed by atoms with E-state index in [9.17, 15) is 4.79 Å². The largest absolute Gasteiger partial charge is 0.478 e. The first-order chi connectivity index (χ1) is 5.52. The molecule has 5 heteroatoms. The number of carboxylic acid groups (broad SMARTS) is 1. The van der Waals surface area contributed by atoms with Crippen molar-refractivity contribution in [2.24, 2.45) is 0 Å². The number of halogens is 2. The van der Waals surface area contributed by atoms with Crippen molar-refractivity contribution in [2.75, 3.05) is 5.73 Å². The van der Waals surface area contributed by atoms with E-state index in [4.69, 9.17) is 10.8 Å². The normalized spacial score (nSPS) is 8.43. The van der Waals surface area contributed by atoms with E-state index in [2.05, 4.69) is 0 Å². The summed E-state index contributed by atoms with van der Waals surface area (Å²) < 4.78 is 0. The molecule has 0 aliphatic heterocycles. The molecule has 1 rings (SSSR count). The Kier molecular flexibility index (Phi) is 6.36. The summed E-state index contributed by atoms with van der Waals surface area (Å²) in [5.74, 6) is -0.968. The molecule has 0 fully saturated rings. The van der Waals surface area contributed by atoms with Crippen molar-refractivity contribution < 1.29 is 9.90 Å². The minimum Gasteiger partial charge on any atom is -0.478 e. The standard InChI is InChI=1S/C9H11NO2.2ClH/c1-5-3-6(2)8(9(11)12)7(10)4-5;;/h3-4H,10H2,1-2H3,(H,11,12);2*1H. The number of carboxylic acids is 1. The molecule has 0 aliphatic carbocycles. The fourth-order valence-electron chi connectivity index (χ4n) is 1.29. The third-order valence-electron chi connectivity index (χ3n) is 1.72. The average Bonchev–Trinajstić information content (AvgIpc) is 1.82. The van der Waals surface area contributed by atoms with Gasteiger partial charge in [0.05, 0.1) is 5.56 Å². The minimum atomic E-state index is -0.968. The summed E-state index contributed by atoms with van der Waals surface area (Å²) in [6.07, 6.45) is 0. The molecular formula is C9H13Cl2NO2. The highest BCUT2D eigenvalue weighted by atomic mass is 35.5. The highest BCUT2D eigenvalue weighted by molar-refractivity contribution is 5.95. The lowest BCUT2D eigenvalue weighted by Crippen LogP contribution is -2.05. The van der Waals surface area contributed by atoms with Crippen molar-refractivity contribution in [1.29, 1.82) is 0 Å². The lowest BCUT2D eigenvalue weighted by molar-refractivity contribution is 0.0697. The summed E-state index contributed by atoms with van der Waals surface area (Å²) in [4.78, 5) is 10.7. The van der Waals surface area contributed by atoms with E-state index in [1.165, 1.54) is 0 Å². The van der Waals surface area contributed by atoms with Crippen molar-refractivity contribution in [2.45, 2.75) is 13.8 Å². The number of nitrogens with two attached hydrogens (primary N) is 1. The number of nitrogen functional groups attached to an aromatic ring is 1. The number of aromatic carboxylic acids is 1. The molecule has 0 saturated heterocycles. The maximum absolute atomic E-state index is 10.7. The highest BCUT2D eigenvalue weighted by Crippen LogP contribution is 2.18. The fraction of sp³-hybridized carbons (Fsp3) is 0.222. The molecule has 0 unspecified atom stereocenters. The summed E-state index contributed by atoms with van der Waals surface area (Å²) in [6.45, 7) is 3.63. The van der Waals surface area contributed by atoms with E-state index >= 15 is 0 Å². The Hall–Kier alpha value is -0.930. The van der Waals surface area contributed by atoms with Crippen LogP contribution >= 0.6 is 24.8 Å². The predicted octanol–water partition coefficient (Wildman–Crippen LogP) is 2.43. The molecule has 3 N–H and O–H groups in total. The zero-order chi connectivity index (χ0) is 9.30. The van der Waals surface area contributed by atoms with Crippen LogP contribution in [0.3, 0.4) is 0 Å². The van der Waals surface area contributed by atoms with Gasteiger partial charge in [0, 0.05) is 5.69 Å². The van der Waals surface area contributed by atoms with Crippen LogP contribution in [-0.4, -0.2) is 11.1 Å². The highest BCUT2D eigenvalue weighted by Gasteiger charge is 2.10. The predicted molar refractivity (Wildman–Crippen MR) is 61.8 cm³/mol. The van der Waals surface area contributed by atoms with Crippen LogP contribution in [0, 0.1) is 13.8 Å². The molecule has 0 spiro atoms. The summed E-state index contributed by atoms with van der Waals surface area (Å²) in [6, 6.07) is 3.47. The number of hydrogen-bond acceptors (Lipinski definition) is 2. The van der Waals surface area contributed by atoms with E-state index < -0.39 is 5.97 Å². The lowest BCUT2D eigenvalue weighted by Gasteiger charge is -2.05. The van der Waals surface area contributed by atoms with Crippen LogP contribution in [0.4, 0.5) is 5.69 Å². The minimum absolute atomic E-state index is 0. The van der Waals surface area contributed by atoms with Crippen LogP contribution in [0.15, 0.2) is 12.1 Å². The van der Waals surface area contributed by atoms with Crippen molar-refractivity contribution >= 4 is 36.5 Å². The first kappa shape index (κ1) is 15.5. The van der Waals surface area contributed by atoms with Gasteiger partial charge in [0.15, 0.2) is 0 Å². The molecule has 0 atom stereocenters. The molecule has 0 aliphatic rings. The second-order valence-corrected chi connectivity index (χ2v) is 2.85. The summed E-state index contributed by atoms with van der Waals surface area (Å²) in [7, 11) is 0. The van der Waals surface area contributed by atoms with Crippen molar-refractivity contribution in [3.8, 4) is 0 Å². The van der Waals surface area contributed by atoms with E-state index in [1.807, 2.05) is 6.92 Å². The molecule has 1 aromatic carbocycles. The van der Waals surface area contributed by atoms with E-state index in [-0.39, 0.29) is 30.4 Å². The molecule has 3 nitrogen and oxygen atoms in total. The van der Waals surface area contributed by atoms with Crippen molar-refractivity contribution in [1.82, 2.24) is 0 Å². The zero-order valence-corrected chi connectivity index (χ0v) is 9.54. The Morgan fingerprint density at radius 2 is 1.79 bits per heavy atom. The molecular weight excluding hydrogens is 225 g/mol. The fourth-order valence-corrected chi connectivity index (χ4v) is 1.29. The van der Waals surface area contributed by atoms with Crippen LogP contribution in [0.25, 0.3) is 0 Å². The van der Waals surface area contributed by atoms with Gasteiger partial charge in [0.25, 0.3) is 0 Å². The smallest absolute Gasteiger partial charge is 0.338 e. The summed E-state index contributed by atoms with van der Waals surface area (Å²) >= 11 is 0.